The van der Waals surface area contributed by atoms with Gasteiger partial charge >= 0.3 is 11.9 Å². The summed E-state index contributed by atoms with van der Waals surface area (Å²) in [5.74, 6) is -0.450. The highest BCUT2D eigenvalue weighted by Crippen LogP contribution is 2.13. The number of hydrogen-bond acceptors (Lipinski definition) is 5. The topological polar surface area (TPSA) is 61.8 Å². The third-order valence-corrected chi connectivity index (χ3v) is 11.2. The van der Waals surface area contributed by atoms with Gasteiger partial charge in [0, 0.05) is 19.4 Å². The Kier molecular flexibility index (Phi) is 54.0. The molecular formula is C63H102O5. The van der Waals surface area contributed by atoms with E-state index in [-0.39, 0.29) is 25.2 Å². The maximum absolute atomic E-state index is 12.8. The summed E-state index contributed by atoms with van der Waals surface area (Å²) < 4.78 is 17.4. The molecular weight excluding hydrogens is 837 g/mol. The summed E-state index contributed by atoms with van der Waals surface area (Å²) in [6.07, 6.45) is 81.8. The summed E-state index contributed by atoms with van der Waals surface area (Å²) in [6, 6.07) is 0. The molecule has 0 saturated carbocycles. The van der Waals surface area contributed by atoms with Crippen molar-refractivity contribution in [3.63, 3.8) is 0 Å². The Morgan fingerprint density at radius 1 is 0.324 bits per heavy atom. The SMILES string of the molecule is CC/C=C\C/C=C\C/C=C\C/C=C\C/C=C\CCCCCCOCC(COC(=O)CCCCCCCCC/C=C\C/C=C\C/C=C\CC)OC(=O)CCCCCCC/C=C\C/C=C\C/C=C\CC. The van der Waals surface area contributed by atoms with Gasteiger partial charge < -0.3 is 14.2 Å². The van der Waals surface area contributed by atoms with Gasteiger partial charge in [-0.1, -0.05) is 219 Å². The predicted octanol–water partition coefficient (Wildman–Crippen LogP) is 19.1. The minimum atomic E-state index is -0.574. The molecule has 0 rings (SSSR count). The maximum Gasteiger partial charge on any atom is 0.306 e. The van der Waals surface area contributed by atoms with Crippen LogP contribution in [0.2, 0.25) is 0 Å². The van der Waals surface area contributed by atoms with Crippen molar-refractivity contribution in [2.45, 2.75) is 232 Å². The van der Waals surface area contributed by atoms with E-state index in [2.05, 4.69) is 154 Å². The minimum absolute atomic E-state index is 0.0536. The fraction of sp³-hybridized carbons (Fsp3) is 0.619. The van der Waals surface area contributed by atoms with Crippen molar-refractivity contribution in [2.75, 3.05) is 19.8 Å². The summed E-state index contributed by atoms with van der Waals surface area (Å²) >= 11 is 0. The molecule has 0 aliphatic rings. The Hall–Kier alpha value is -3.96. The Morgan fingerprint density at radius 3 is 0.985 bits per heavy atom. The summed E-state index contributed by atoms with van der Waals surface area (Å²) in [5, 5.41) is 0. The Balaban J connectivity index is 4.40. The largest absolute Gasteiger partial charge is 0.462 e. The van der Waals surface area contributed by atoms with E-state index < -0.39 is 6.10 Å². The molecule has 0 aliphatic carbocycles. The number of ether oxygens (including phenoxy) is 3. The molecule has 1 atom stereocenters. The van der Waals surface area contributed by atoms with Crippen molar-refractivity contribution in [1.29, 1.82) is 0 Å². The lowest BCUT2D eigenvalue weighted by Crippen LogP contribution is -2.30. The van der Waals surface area contributed by atoms with Gasteiger partial charge in [-0.15, -0.1) is 0 Å². The molecule has 0 heterocycles. The summed E-state index contributed by atoms with van der Waals surface area (Å²) in [5.41, 5.74) is 0. The van der Waals surface area contributed by atoms with E-state index in [0.29, 0.717) is 19.4 Å². The van der Waals surface area contributed by atoms with Gasteiger partial charge in [0.2, 0.25) is 0 Å². The summed E-state index contributed by atoms with van der Waals surface area (Å²) in [7, 11) is 0. The van der Waals surface area contributed by atoms with Gasteiger partial charge in [0.05, 0.1) is 6.61 Å². The van der Waals surface area contributed by atoms with Crippen molar-refractivity contribution in [3.8, 4) is 0 Å². The number of carbonyl (C=O) groups is 2. The van der Waals surface area contributed by atoms with Crippen molar-refractivity contribution in [1.82, 2.24) is 0 Å². The molecule has 0 spiro atoms. The van der Waals surface area contributed by atoms with E-state index in [1.807, 2.05) is 0 Å². The lowest BCUT2D eigenvalue weighted by atomic mass is 10.1. The zero-order valence-corrected chi connectivity index (χ0v) is 44.1. The van der Waals surface area contributed by atoms with E-state index in [4.69, 9.17) is 14.2 Å². The van der Waals surface area contributed by atoms with Crippen molar-refractivity contribution >= 4 is 11.9 Å². The van der Waals surface area contributed by atoms with E-state index in [0.717, 1.165) is 148 Å². The zero-order chi connectivity index (χ0) is 49.2. The summed E-state index contributed by atoms with van der Waals surface area (Å²) in [6.45, 7) is 7.40. The lowest BCUT2D eigenvalue weighted by molar-refractivity contribution is -0.163. The predicted molar refractivity (Wildman–Crippen MR) is 297 cm³/mol. The van der Waals surface area contributed by atoms with Crippen LogP contribution in [0.3, 0.4) is 0 Å². The van der Waals surface area contributed by atoms with Crippen LogP contribution in [0, 0.1) is 0 Å². The average molecular weight is 940 g/mol. The lowest BCUT2D eigenvalue weighted by Gasteiger charge is -2.18. The molecule has 0 aromatic heterocycles. The molecule has 5 heteroatoms. The molecule has 0 N–H and O–H groups in total. The molecule has 0 saturated heterocycles. The molecule has 0 amide bonds. The monoisotopic (exact) mass is 939 g/mol. The van der Waals surface area contributed by atoms with Crippen LogP contribution in [0.15, 0.2) is 134 Å². The van der Waals surface area contributed by atoms with Crippen molar-refractivity contribution < 1.29 is 23.8 Å². The van der Waals surface area contributed by atoms with Crippen LogP contribution in [0.4, 0.5) is 0 Å². The number of carbonyl (C=O) groups excluding carboxylic acids is 2. The highest BCUT2D eigenvalue weighted by Gasteiger charge is 2.17. The van der Waals surface area contributed by atoms with Crippen LogP contribution in [-0.2, 0) is 23.8 Å². The third-order valence-electron chi connectivity index (χ3n) is 11.2. The van der Waals surface area contributed by atoms with Gasteiger partial charge in [-0.25, -0.2) is 0 Å². The second-order valence-corrected chi connectivity index (χ2v) is 17.7. The number of esters is 2. The molecule has 384 valence electrons. The first-order valence-corrected chi connectivity index (χ1v) is 27.7. The quantitative estimate of drug-likeness (QED) is 0.0345. The molecule has 0 aliphatic heterocycles. The van der Waals surface area contributed by atoms with E-state index in [9.17, 15) is 9.59 Å². The molecule has 1 unspecified atom stereocenters. The molecule has 5 nitrogen and oxygen atoms in total. The van der Waals surface area contributed by atoms with E-state index >= 15 is 0 Å². The number of rotatable bonds is 49. The maximum atomic E-state index is 12.8. The first-order chi connectivity index (χ1) is 33.6. The molecule has 0 bridgehead atoms. The van der Waals surface area contributed by atoms with Gasteiger partial charge in [-0.2, -0.15) is 0 Å². The normalized spacial score (nSPS) is 13.3. The molecule has 0 fully saturated rings. The first-order valence-electron chi connectivity index (χ1n) is 27.7. The fourth-order valence-electron chi connectivity index (χ4n) is 7.15. The van der Waals surface area contributed by atoms with Gasteiger partial charge in [0.25, 0.3) is 0 Å². The van der Waals surface area contributed by atoms with Gasteiger partial charge in [-0.3, -0.25) is 9.59 Å². The number of allylic oxidation sites excluding steroid dienone is 22. The fourth-order valence-corrected chi connectivity index (χ4v) is 7.15. The first kappa shape index (κ1) is 64.0. The highest BCUT2D eigenvalue weighted by atomic mass is 16.6. The average Bonchev–Trinajstić information content (AvgIpc) is 3.34. The number of hydrogen-bond donors (Lipinski definition) is 0. The van der Waals surface area contributed by atoms with Crippen LogP contribution >= 0.6 is 0 Å². The van der Waals surface area contributed by atoms with Crippen molar-refractivity contribution in [3.05, 3.63) is 134 Å². The van der Waals surface area contributed by atoms with Gasteiger partial charge in [0.1, 0.15) is 6.61 Å². The van der Waals surface area contributed by atoms with Crippen LogP contribution in [0.1, 0.15) is 226 Å². The van der Waals surface area contributed by atoms with Gasteiger partial charge in [-0.05, 0) is 128 Å². The zero-order valence-electron chi connectivity index (χ0n) is 44.1. The van der Waals surface area contributed by atoms with E-state index in [1.54, 1.807) is 0 Å². The summed E-state index contributed by atoms with van der Waals surface area (Å²) in [4.78, 5) is 25.5. The molecule has 0 radical (unpaired) electrons. The van der Waals surface area contributed by atoms with Crippen molar-refractivity contribution in [2.24, 2.45) is 0 Å². The third kappa shape index (κ3) is 54.6. The van der Waals surface area contributed by atoms with Gasteiger partial charge in [0.15, 0.2) is 6.10 Å². The highest BCUT2D eigenvalue weighted by molar-refractivity contribution is 5.70. The Labute approximate surface area is 419 Å². The van der Waals surface area contributed by atoms with E-state index in [1.165, 1.54) is 44.9 Å². The second-order valence-electron chi connectivity index (χ2n) is 17.7. The van der Waals surface area contributed by atoms with Crippen LogP contribution in [0.25, 0.3) is 0 Å². The number of unbranched alkanes of at least 4 members (excludes halogenated alkanes) is 16. The smallest absolute Gasteiger partial charge is 0.306 e. The molecule has 68 heavy (non-hydrogen) atoms. The standard InChI is InChI=1S/C63H102O5/c1-4-7-10-13-16-19-22-25-28-30-31-32-34-37-40-43-46-49-52-55-58-66-59-61(68-63(65)57-54-51-48-45-42-39-35-27-24-21-18-15-12-9-6-3)60-67-62(64)56-53-50-47-44-41-38-36-33-29-26-23-20-17-14-11-8-5-2/h7-12,16-21,25-29,31-32,35,37,40,61H,4-6,13-15,22-24,30,33-34,36,38-39,41-60H2,1-3H3/b10-7-,11-8-,12-9-,19-16-,20-17-,21-18-,28-25-,29-26-,32-31-,35-27-,40-37-. The second kappa shape index (κ2) is 57.4. The minimum Gasteiger partial charge on any atom is -0.462 e. The molecule has 0 aromatic rings. The molecule has 0 aromatic carbocycles. The Bertz CT molecular complexity index is 1430. The van der Waals surface area contributed by atoms with Crippen LogP contribution in [0.5, 0.6) is 0 Å². The Morgan fingerprint density at radius 2 is 0.618 bits per heavy atom. The van der Waals surface area contributed by atoms with Crippen LogP contribution in [-0.4, -0.2) is 37.9 Å². The van der Waals surface area contributed by atoms with Crippen LogP contribution < -0.4 is 0 Å².